The van der Waals surface area contributed by atoms with Crippen molar-refractivity contribution in [3.63, 3.8) is 0 Å². The fraction of sp³-hybridized carbons (Fsp3) is 0.909. The smallest absolute Gasteiger partial charge is 0.410 e. The van der Waals surface area contributed by atoms with Crippen LogP contribution >= 0.6 is 0 Å². The topological polar surface area (TPSA) is 98.9 Å². The summed E-state index contributed by atoms with van der Waals surface area (Å²) in [5.74, 6) is 0.0945. The third kappa shape index (κ3) is 6.74. The molecule has 8 heteroatoms. The molecular weight excluding hydrogens is 272 g/mol. The predicted molar refractivity (Wildman–Crippen MR) is 69.6 cm³/mol. The van der Waals surface area contributed by atoms with E-state index in [2.05, 4.69) is 4.18 Å². The largest absolute Gasteiger partial charge is 0.444 e. The number of likely N-dealkylation sites (tertiary alicyclic amines) is 1. The highest BCUT2D eigenvalue weighted by atomic mass is 32.2. The van der Waals surface area contributed by atoms with Crippen molar-refractivity contribution in [3.8, 4) is 0 Å². The Morgan fingerprint density at radius 1 is 1.32 bits per heavy atom. The molecule has 0 bridgehead atoms. The van der Waals surface area contributed by atoms with Crippen molar-refractivity contribution < 1.29 is 22.1 Å². The van der Waals surface area contributed by atoms with Crippen LogP contribution in [-0.2, 0) is 19.2 Å². The number of carbonyl (C=O) groups excluding carboxylic acids is 1. The molecule has 0 saturated carbocycles. The molecule has 2 N–H and O–H groups in total. The maximum absolute atomic E-state index is 11.8. The van der Waals surface area contributed by atoms with Crippen molar-refractivity contribution in [3.05, 3.63) is 0 Å². The van der Waals surface area contributed by atoms with Gasteiger partial charge in [-0.15, -0.1) is 0 Å². The summed E-state index contributed by atoms with van der Waals surface area (Å²) in [6, 6.07) is 0. The maximum atomic E-state index is 11.8. The number of hydrogen-bond donors (Lipinski definition) is 1. The van der Waals surface area contributed by atoms with Gasteiger partial charge in [-0.1, -0.05) is 0 Å². The summed E-state index contributed by atoms with van der Waals surface area (Å²) in [6.45, 7) is 6.59. The van der Waals surface area contributed by atoms with Crippen LogP contribution in [0.1, 0.15) is 33.6 Å². The van der Waals surface area contributed by atoms with E-state index >= 15 is 0 Å². The van der Waals surface area contributed by atoms with Crippen LogP contribution in [-0.4, -0.2) is 44.7 Å². The van der Waals surface area contributed by atoms with Gasteiger partial charge in [0.05, 0.1) is 6.61 Å². The van der Waals surface area contributed by atoms with Crippen LogP contribution in [0.2, 0.25) is 0 Å². The molecule has 1 amide bonds. The highest BCUT2D eigenvalue weighted by Gasteiger charge is 2.27. The molecule has 0 spiro atoms. The summed E-state index contributed by atoms with van der Waals surface area (Å²) in [7, 11) is -3.88. The van der Waals surface area contributed by atoms with E-state index in [9.17, 15) is 13.2 Å². The highest BCUT2D eigenvalue weighted by Crippen LogP contribution is 2.20. The quantitative estimate of drug-likeness (QED) is 0.832. The first-order chi connectivity index (χ1) is 8.57. The first-order valence-corrected chi connectivity index (χ1v) is 7.69. The highest BCUT2D eigenvalue weighted by molar-refractivity contribution is 7.84. The van der Waals surface area contributed by atoms with Crippen molar-refractivity contribution in [2.24, 2.45) is 11.1 Å². The van der Waals surface area contributed by atoms with Gasteiger partial charge in [0.25, 0.3) is 0 Å². The third-order valence-electron chi connectivity index (χ3n) is 2.73. The molecule has 0 aromatic rings. The van der Waals surface area contributed by atoms with Crippen molar-refractivity contribution in [2.75, 3.05) is 19.7 Å². The molecule has 1 rings (SSSR count). The van der Waals surface area contributed by atoms with Crippen LogP contribution in [0, 0.1) is 5.92 Å². The van der Waals surface area contributed by atoms with E-state index in [-0.39, 0.29) is 18.6 Å². The maximum Gasteiger partial charge on any atom is 0.410 e. The summed E-state index contributed by atoms with van der Waals surface area (Å²) in [5, 5.41) is 4.76. The Morgan fingerprint density at radius 2 is 1.84 bits per heavy atom. The second kappa shape index (κ2) is 6.06. The monoisotopic (exact) mass is 294 g/mol. The fourth-order valence-corrected chi connectivity index (χ4v) is 2.18. The lowest BCUT2D eigenvalue weighted by atomic mass is 9.98. The number of hydrogen-bond acceptors (Lipinski definition) is 5. The number of carbonyl (C=O) groups is 1. The number of piperidine rings is 1. The number of rotatable bonds is 3. The summed E-state index contributed by atoms with van der Waals surface area (Å²) in [6.07, 6.45) is 1.02. The van der Waals surface area contributed by atoms with Crippen molar-refractivity contribution in [2.45, 2.75) is 39.2 Å². The van der Waals surface area contributed by atoms with E-state index in [1.807, 2.05) is 20.8 Å². The minimum Gasteiger partial charge on any atom is -0.444 e. The lowest BCUT2D eigenvalue weighted by molar-refractivity contribution is 0.0165. The molecule has 1 aliphatic heterocycles. The lowest BCUT2D eigenvalue weighted by Gasteiger charge is -2.33. The molecule has 7 nitrogen and oxygen atoms in total. The second-order valence-corrected chi connectivity index (χ2v) is 6.91. The van der Waals surface area contributed by atoms with Crippen LogP contribution < -0.4 is 5.14 Å². The molecule has 1 fully saturated rings. The molecule has 0 radical (unpaired) electrons. The van der Waals surface area contributed by atoms with Crippen LogP contribution in [0.15, 0.2) is 0 Å². The molecule has 112 valence electrons. The van der Waals surface area contributed by atoms with Gasteiger partial charge in [0.2, 0.25) is 0 Å². The summed E-state index contributed by atoms with van der Waals surface area (Å²) >= 11 is 0. The predicted octanol–water partition coefficient (Wildman–Crippen LogP) is 0.854. The first kappa shape index (κ1) is 16.2. The van der Waals surface area contributed by atoms with Crippen LogP contribution in [0.4, 0.5) is 4.79 Å². The van der Waals surface area contributed by atoms with Gasteiger partial charge in [-0.2, -0.15) is 8.42 Å². The van der Waals surface area contributed by atoms with Crippen molar-refractivity contribution >= 4 is 16.4 Å². The summed E-state index contributed by atoms with van der Waals surface area (Å²) in [4.78, 5) is 13.4. The first-order valence-electron chi connectivity index (χ1n) is 6.22. The zero-order valence-electron chi connectivity index (χ0n) is 11.6. The standard InChI is InChI=1S/C11H22N2O5S/c1-11(2,3)18-10(14)13-6-4-9(5-7-13)8-17-19(12,15)16/h9H,4-8H2,1-3H3,(H2,12,15,16). The fourth-order valence-electron chi connectivity index (χ4n) is 1.80. The Bertz CT molecular complexity index is 407. The van der Waals surface area contributed by atoms with Gasteiger partial charge in [0.1, 0.15) is 5.60 Å². The van der Waals surface area contributed by atoms with Gasteiger partial charge in [0.15, 0.2) is 0 Å². The van der Waals surface area contributed by atoms with Gasteiger partial charge >= 0.3 is 16.4 Å². The van der Waals surface area contributed by atoms with E-state index in [1.165, 1.54) is 0 Å². The molecular formula is C11H22N2O5S. The van der Waals surface area contributed by atoms with E-state index in [0.717, 1.165) is 0 Å². The van der Waals surface area contributed by atoms with E-state index in [0.29, 0.717) is 25.9 Å². The van der Waals surface area contributed by atoms with E-state index in [1.54, 1.807) is 4.90 Å². The Hall–Kier alpha value is -0.860. The minimum atomic E-state index is -3.88. The zero-order chi connectivity index (χ0) is 14.7. The van der Waals surface area contributed by atoms with Crippen LogP contribution in [0.3, 0.4) is 0 Å². The molecule has 1 heterocycles. The molecule has 0 aliphatic carbocycles. The normalized spacial score (nSPS) is 18.4. The van der Waals surface area contributed by atoms with Gasteiger partial charge in [-0.3, -0.25) is 4.18 Å². The molecule has 0 unspecified atom stereocenters. The third-order valence-corrected chi connectivity index (χ3v) is 3.20. The molecule has 19 heavy (non-hydrogen) atoms. The van der Waals surface area contributed by atoms with Crippen LogP contribution in [0.25, 0.3) is 0 Å². The molecule has 0 atom stereocenters. The second-order valence-electron chi connectivity index (χ2n) is 5.69. The van der Waals surface area contributed by atoms with Gasteiger partial charge in [-0.25, -0.2) is 9.93 Å². The van der Waals surface area contributed by atoms with Gasteiger partial charge in [0, 0.05) is 13.1 Å². The Kier molecular flexibility index (Phi) is 5.17. The molecule has 1 saturated heterocycles. The molecule has 0 aromatic heterocycles. The lowest BCUT2D eigenvalue weighted by Crippen LogP contribution is -2.42. The average molecular weight is 294 g/mol. The average Bonchev–Trinajstić information content (AvgIpc) is 2.23. The van der Waals surface area contributed by atoms with Gasteiger partial charge < -0.3 is 9.64 Å². The number of nitrogens with two attached hydrogens (primary N) is 1. The zero-order valence-corrected chi connectivity index (χ0v) is 12.4. The number of nitrogens with zero attached hydrogens (tertiary/aromatic N) is 1. The number of amides is 1. The van der Waals surface area contributed by atoms with Gasteiger partial charge in [-0.05, 0) is 39.5 Å². The molecule has 0 aromatic carbocycles. The molecule has 1 aliphatic rings. The van der Waals surface area contributed by atoms with E-state index in [4.69, 9.17) is 9.88 Å². The summed E-state index contributed by atoms with van der Waals surface area (Å²) in [5.41, 5.74) is -0.509. The van der Waals surface area contributed by atoms with Crippen molar-refractivity contribution in [1.29, 1.82) is 0 Å². The number of ether oxygens (including phenoxy) is 1. The SMILES string of the molecule is CC(C)(C)OC(=O)N1CCC(COS(N)(=O)=O)CC1. The Morgan fingerprint density at radius 3 is 2.26 bits per heavy atom. The minimum absolute atomic E-state index is 0.0704. The van der Waals surface area contributed by atoms with Crippen molar-refractivity contribution in [1.82, 2.24) is 4.90 Å². The summed E-state index contributed by atoms with van der Waals surface area (Å²) < 4.78 is 31.2. The van der Waals surface area contributed by atoms with E-state index < -0.39 is 15.9 Å². The Balaban J connectivity index is 2.35. The Labute approximate surface area is 114 Å². The van der Waals surface area contributed by atoms with Crippen LogP contribution in [0.5, 0.6) is 0 Å².